The summed E-state index contributed by atoms with van der Waals surface area (Å²) in [5.74, 6) is 0.750. The Morgan fingerprint density at radius 1 is 1.07 bits per heavy atom. The summed E-state index contributed by atoms with van der Waals surface area (Å²) in [6.45, 7) is 10.6. The zero-order valence-electron chi connectivity index (χ0n) is 17.3. The number of anilines is 1. The van der Waals surface area contributed by atoms with Gasteiger partial charge in [-0.05, 0) is 70.0 Å². The number of ether oxygens (including phenoxy) is 2. The van der Waals surface area contributed by atoms with Gasteiger partial charge in [-0.2, -0.15) is 0 Å². The summed E-state index contributed by atoms with van der Waals surface area (Å²) in [7, 11) is 0. The zero-order chi connectivity index (χ0) is 19.5. The van der Waals surface area contributed by atoms with Gasteiger partial charge in [0.25, 0.3) is 5.91 Å². The molecule has 0 radical (unpaired) electrons. The van der Waals surface area contributed by atoms with Crippen LogP contribution in [-0.2, 0) is 9.53 Å². The second kappa shape index (κ2) is 11.3. The van der Waals surface area contributed by atoms with Gasteiger partial charge in [0.1, 0.15) is 18.0 Å². The zero-order valence-corrected chi connectivity index (χ0v) is 17.3. The Morgan fingerprint density at radius 2 is 1.78 bits per heavy atom. The van der Waals surface area contributed by atoms with E-state index in [0.717, 1.165) is 30.8 Å². The molecule has 1 atom stereocenters. The molecular weight excluding hydrogens is 340 g/mol. The van der Waals surface area contributed by atoms with Crippen molar-refractivity contribution in [1.82, 2.24) is 4.90 Å². The van der Waals surface area contributed by atoms with Crippen LogP contribution in [0.3, 0.4) is 0 Å². The van der Waals surface area contributed by atoms with Gasteiger partial charge in [-0.15, -0.1) is 0 Å². The number of hydrogen-bond acceptors (Lipinski definition) is 4. The van der Waals surface area contributed by atoms with Gasteiger partial charge in [-0.25, -0.2) is 0 Å². The van der Waals surface area contributed by atoms with Gasteiger partial charge in [-0.3, -0.25) is 9.69 Å². The Hall–Kier alpha value is -1.59. The first-order chi connectivity index (χ1) is 13.1. The van der Waals surface area contributed by atoms with Crippen molar-refractivity contribution in [3.63, 3.8) is 0 Å². The molecular formula is C22H36N2O3. The Labute approximate surface area is 164 Å². The van der Waals surface area contributed by atoms with Crippen LogP contribution in [0.4, 0.5) is 5.69 Å². The van der Waals surface area contributed by atoms with E-state index in [-0.39, 0.29) is 5.91 Å². The molecule has 1 aromatic carbocycles. The minimum Gasteiger partial charge on any atom is -0.492 e. The van der Waals surface area contributed by atoms with E-state index in [4.69, 9.17) is 9.47 Å². The Morgan fingerprint density at radius 3 is 2.41 bits per heavy atom. The molecule has 1 saturated heterocycles. The normalized spacial score (nSPS) is 17.3. The van der Waals surface area contributed by atoms with Crippen LogP contribution in [0, 0.1) is 0 Å². The third kappa shape index (κ3) is 7.15. The lowest BCUT2D eigenvalue weighted by molar-refractivity contribution is -0.140. The fraction of sp³-hybridized carbons (Fsp3) is 0.682. The maximum absolute atomic E-state index is 12.7. The molecule has 0 aliphatic carbocycles. The van der Waals surface area contributed by atoms with Crippen molar-refractivity contribution >= 4 is 11.6 Å². The Balaban J connectivity index is 1.81. The first-order valence-corrected chi connectivity index (χ1v) is 10.5. The second-order valence-electron chi connectivity index (χ2n) is 7.56. The van der Waals surface area contributed by atoms with E-state index in [1.165, 1.54) is 32.4 Å². The molecule has 1 heterocycles. The largest absolute Gasteiger partial charge is 0.492 e. The molecule has 1 fully saturated rings. The number of nitrogens with zero attached hydrogens (tertiary/aromatic N) is 1. The van der Waals surface area contributed by atoms with Crippen LogP contribution in [0.2, 0.25) is 0 Å². The van der Waals surface area contributed by atoms with Gasteiger partial charge in [0.15, 0.2) is 0 Å². The molecule has 27 heavy (non-hydrogen) atoms. The smallest absolute Gasteiger partial charge is 0.256 e. The molecule has 0 bridgehead atoms. The van der Waals surface area contributed by atoms with Crippen molar-refractivity contribution < 1.29 is 14.3 Å². The third-order valence-corrected chi connectivity index (χ3v) is 5.07. The first kappa shape index (κ1) is 21.7. The predicted molar refractivity (Wildman–Crippen MR) is 110 cm³/mol. The summed E-state index contributed by atoms with van der Waals surface area (Å²) < 4.78 is 11.7. The average Bonchev–Trinajstić information content (AvgIpc) is 2.69. The van der Waals surface area contributed by atoms with E-state index in [1.54, 1.807) is 0 Å². The third-order valence-electron chi connectivity index (χ3n) is 5.07. The summed E-state index contributed by atoms with van der Waals surface area (Å²) >= 11 is 0. The van der Waals surface area contributed by atoms with E-state index in [1.807, 2.05) is 38.1 Å². The van der Waals surface area contributed by atoms with Gasteiger partial charge >= 0.3 is 0 Å². The summed E-state index contributed by atoms with van der Waals surface area (Å²) in [6.07, 6.45) is 6.45. The number of benzene rings is 1. The fourth-order valence-corrected chi connectivity index (χ4v) is 3.43. The molecule has 1 aliphatic heterocycles. The van der Waals surface area contributed by atoms with E-state index in [0.29, 0.717) is 19.6 Å². The second-order valence-corrected chi connectivity index (χ2v) is 7.56. The topological polar surface area (TPSA) is 50.8 Å². The van der Waals surface area contributed by atoms with Crippen LogP contribution in [0.25, 0.3) is 0 Å². The molecule has 5 nitrogen and oxygen atoms in total. The minimum absolute atomic E-state index is 0.0865. The molecule has 0 unspecified atom stereocenters. The number of amides is 1. The average molecular weight is 377 g/mol. The highest BCUT2D eigenvalue weighted by Crippen LogP contribution is 2.22. The standard InChI is InChI=1S/C22H36N2O3/c1-4-13-22(3,27-17-5-2)21(25)23-19-9-11-20(12-10-19)26-18-16-24-14-7-6-8-15-24/h9-12H,4-8,13-18H2,1-3H3,(H,23,25)/t22-/m0/s1. The molecule has 2 rings (SSSR count). The summed E-state index contributed by atoms with van der Waals surface area (Å²) in [5.41, 5.74) is -0.0141. The molecule has 1 N–H and O–H groups in total. The molecule has 0 saturated carbocycles. The van der Waals surface area contributed by atoms with Gasteiger partial charge < -0.3 is 14.8 Å². The number of hydrogen-bond donors (Lipinski definition) is 1. The monoisotopic (exact) mass is 376 g/mol. The van der Waals surface area contributed by atoms with Crippen LogP contribution in [-0.4, -0.2) is 49.3 Å². The van der Waals surface area contributed by atoms with Crippen LogP contribution in [0.15, 0.2) is 24.3 Å². The predicted octanol–water partition coefficient (Wildman–Crippen LogP) is 4.48. The van der Waals surface area contributed by atoms with Gasteiger partial charge in [0.2, 0.25) is 0 Å². The highest BCUT2D eigenvalue weighted by Gasteiger charge is 2.33. The molecule has 152 valence electrons. The van der Waals surface area contributed by atoms with Gasteiger partial charge in [-0.1, -0.05) is 26.7 Å². The first-order valence-electron chi connectivity index (χ1n) is 10.5. The van der Waals surface area contributed by atoms with E-state index in [9.17, 15) is 4.79 Å². The van der Waals surface area contributed by atoms with Crippen molar-refractivity contribution in [3.8, 4) is 5.75 Å². The molecule has 0 aromatic heterocycles. The van der Waals surface area contributed by atoms with Crippen molar-refractivity contribution in [2.24, 2.45) is 0 Å². The quantitative estimate of drug-likeness (QED) is 0.619. The summed E-state index contributed by atoms with van der Waals surface area (Å²) in [6, 6.07) is 7.60. The van der Waals surface area contributed by atoms with Crippen molar-refractivity contribution in [3.05, 3.63) is 24.3 Å². The maximum atomic E-state index is 12.7. The minimum atomic E-state index is -0.783. The van der Waals surface area contributed by atoms with Crippen LogP contribution in [0.5, 0.6) is 5.75 Å². The van der Waals surface area contributed by atoms with E-state index in [2.05, 4.69) is 17.1 Å². The van der Waals surface area contributed by atoms with Crippen molar-refractivity contribution in [1.29, 1.82) is 0 Å². The van der Waals surface area contributed by atoms with Crippen molar-refractivity contribution in [2.75, 3.05) is 38.2 Å². The number of nitrogens with one attached hydrogen (secondary N) is 1. The highest BCUT2D eigenvalue weighted by molar-refractivity contribution is 5.97. The number of rotatable bonds is 11. The molecule has 1 aromatic rings. The van der Waals surface area contributed by atoms with Gasteiger partial charge in [0.05, 0.1) is 0 Å². The fourth-order valence-electron chi connectivity index (χ4n) is 3.43. The Bertz CT molecular complexity index is 555. The number of carbonyl (C=O) groups excluding carboxylic acids is 1. The van der Waals surface area contributed by atoms with Gasteiger partial charge in [0, 0.05) is 18.8 Å². The SMILES string of the molecule is CCCO[C@@](C)(CCC)C(=O)Nc1ccc(OCCN2CCCCC2)cc1. The number of likely N-dealkylation sites (tertiary alicyclic amines) is 1. The molecule has 5 heteroatoms. The summed E-state index contributed by atoms with van der Waals surface area (Å²) in [4.78, 5) is 15.2. The molecule has 0 spiro atoms. The van der Waals surface area contributed by atoms with Crippen molar-refractivity contribution in [2.45, 2.75) is 64.9 Å². The molecule has 1 aliphatic rings. The van der Waals surface area contributed by atoms with Crippen LogP contribution in [0.1, 0.15) is 59.3 Å². The number of carbonyl (C=O) groups is 1. The lowest BCUT2D eigenvalue weighted by atomic mass is 9.99. The van der Waals surface area contributed by atoms with Crippen LogP contribution < -0.4 is 10.1 Å². The lowest BCUT2D eigenvalue weighted by Crippen LogP contribution is -2.43. The maximum Gasteiger partial charge on any atom is 0.256 e. The van der Waals surface area contributed by atoms with Crippen LogP contribution >= 0.6 is 0 Å². The van der Waals surface area contributed by atoms with E-state index >= 15 is 0 Å². The highest BCUT2D eigenvalue weighted by atomic mass is 16.5. The lowest BCUT2D eigenvalue weighted by Gasteiger charge is -2.28. The summed E-state index contributed by atoms with van der Waals surface area (Å²) in [5, 5.41) is 2.98. The Kier molecular flexibility index (Phi) is 9.08. The number of piperidine rings is 1. The molecule has 1 amide bonds. The van der Waals surface area contributed by atoms with E-state index < -0.39 is 5.60 Å².